The second kappa shape index (κ2) is 10.6. The van der Waals surface area contributed by atoms with Gasteiger partial charge in [0, 0.05) is 17.4 Å². The number of primary amides is 2. The minimum absolute atomic E-state index is 0.0560. The maximum atomic E-state index is 13.5. The van der Waals surface area contributed by atoms with Crippen LogP contribution < -0.4 is 11.5 Å². The van der Waals surface area contributed by atoms with Gasteiger partial charge in [-0.15, -0.1) is 21.5 Å². The van der Waals surface area contributed by atoms with Crippen LogP contribution in [0.1, 0.15) is 69.6 Å². The predicted octanol–water partition coefficient (Wildman–Crippen LogP) is 5.05. The molecule has 0 saturated carbocycles. The van der Waals surface area contributed by atoms with Gasteiger partial charge in [0.25, 0.3) is 11.8 Å². The third-order valence-electron chi connectivity index (χ3n) is 5.97. The largest absolute Gasteiger partial charge is 0.421 e. The van der Waals surface area contributed by atoms with E-state index in [0.29, 0.717) is 51.0 Å². The summed E-state index contributed by atoms with van der Waals surface area (Å²) in [7, 11) is 0. The van der Waals surface area contributed by atoms with Gasteiger partial charge in [-0.05, 0) is 54.5 Å². The van der Waals surface area contributed by atoms with Crippen molar-refractivity contribution in [1.82, 2.24) is 15.2 Å². The molecule has 37 heavy (non-hydrogen) atoms. The van der Waals surface area contributed by atoms with E-state index in [1.165, 1.54) is 12.1 Å². The molecule has 0 radical (unpaired) electrons. The number of amides is 2. The van der Waals surface area contributed by atoms with E-state index in [1.54, 1.807) is 31.2 Å². The number of halogens is 1. The molecule has 4 N–H and O–H groups in total. The smallest absolute Gasteiger partial charge is 0.258 e. The molecule has 0 aliphatic heterocycles. The molecule has 0 aliphatic carbocycles. The number of aryl methyl sites for hydroxylation is 1. The van der Waals surface area contributed by atoms with Crippen molar-refractivity contribution < 1.29 is 18.4 Å². The summed E-state index contributed by atoms with van der Waals surface area (Å²) in [6.45, 7) is 7.73. The monoisotopic (exact) mass is 521 g/mol. The highest BCUT2D eigenvalue weighted by Gasteiger charge is 2.30. The minimum atomic E-state index is -0.650. The number of nitrogens with two attached hydrogens (primary N) is 2. The van der Waals surface area contributed by atoms with Gasteiger partial charge in [0.15, 0.2) is 0 Å². The average molecular weight is 522 g/mol. The van der Waals surface area contributed by atoms with Crippen LogP contribution in [0.3, 0.4) is 0 Å². The van der Waals surface area contributed by atoms with Gasteiger partial charge in [0.1, 0.15) is 5.82 Å². The number of benzene rings is 1. The van der Waals surface area contributed by atoms with Gasteiger partial charge >= 0.3 is 0 Å². The van der Waals surface area contributed by atoms with Crippen LogP contribution in [-0.4, -0.2) is 27.0 Å². The van der Waals surface area contributed by atoms with Crippen molar-refractivity contribution in [3.05, 3.63) is 75.5 Å². The zero-order valence-electron chi connectivity index (χ0n) is 21.0. The molecule has 8 nitrogen and oxygen atoms in total. The Labute approximate surface area is 217 Å². The summed E-state index contributed by atoms with van der Waals surface area (Å²) >= 11 is 1.15. The number of thiophene rings is 1. The summed E-state index contributed by atoms with van der Waals surface area (Å²) in [6.07, 6.45) is 0.938. The van der Waals surface area contributed by atoms with Gasteiger partial charge < -0.3 is 15.9 Å². The predicted molar refractivity (Wildman–Crippen MR) is 140 cm³/mol. The summed E-state index contributed by atoms with van der Waals surface area (Å²) < 4.78 is 19.4. The molecule has 192 valence electrons. The lowest BCUT2D eigenvalue weighted by molar-refractivity contribution is 0.0993. The number of hydrogen-bond acceptors (Lipinski definition) is 7. The molecule has 4 rings (SSSR count). The van der Waals surface area contributed by atoms with Crippen molar-refractivity contribution in [2.24, 2.45) is 17.4 Å². The quantitative estimate of drug-likeness (QED) is 0.316. The number of rotatable bonds is 9. The molecule has 1 unspecified atom stereocenters. The standard InChI is InChI=1S/C27H28FN5O3S/c1-13(2)11-18-22(26(30)35)24(20-9-10-21(37-20)25(29)34)23(27-33-32-15(4)36-27)19(31-18)12-14(3)16-5-7-17(28)8-6-16/h5-10,13-14H,11-12H2,1-4H3,(H2,29,34)(H2,30,35). The first kappa shape index (κ1) is 26.2. The normalized spacial score (nSPS) is 12.2. The lowest BCUT2D eigenvalue weighted by atomic mass is 9.88. The maximum Gasteiger partial charge on any atom is 0.258 e. The van der Waals surface area contributed by atoms with Crippen LogP contribution in [0.5, 0.6) is 0 Å². The van der Waals surface area contributed by atoms with Gasteiger partial charge in [-0.25, -0.2) is 4.39 Å². The van der Waals surface area contributed by atoms with Crippen LogP contribution in [0.25, 0.3) is 21.9 Å². The first-order valence-corrected chi connectivity index (χ1v) is 12.7. The van der Waals surface area contributed by atoms with E-state index >= 15 is 0 Å². The van der Waals surface area contributed by atoms with E-state index < -0.39 is 11.8 Å². The highest BCUT2D eigenvalue weighted by atomic mass is 32.1. The molecule has 1 atom stereocenters. The Hall–Kier alpha value is -3.92. The van der Waals surface area contributed by atoms with Gasteiger partial charge in [0.2, 0.25) is 11.8 Å². The zero-order valence-corrected chi connectivity index (χ0v) is 21.9. The molecule has 2 amide bonds. The molecule has 0 spiro atoms. The number of carbonyl (C=O) groups is 2. The van der Waals surface area contributed by atoms with Gasteiger partial charge in [0.05, 0.1) is 27.4 Å². The number of aromatic nitrogens is 3. The lowest BCUT2D eigenvalue weighted by Gasteiger charge is -2.21. The number of nitrogens with zero attached hydrogens (tertiary/aromatic N) is 3. The summed E-state index contributed by atoms with van der Waals surface area (Å²) in [5.41, 5.74) is 14.8. The first-order chi connectivity index (χ1) is 17.5. The van der Waals surface area contributed by atoms with Crippen LogP contribution in [0.15, 0.2) is 40.8 Å². The highest BCUT2D eigenvalue weighted by Crippen LogP contribution is 2.42. The zero-order chi connectivity index (χ0) is 26.9. The fourth-order valence-corrected chi connectivity index (χ4v) is 5.23. The van der Waals surface area contributed by atoms with Gasteiger partial charge in [-0.3, -0.25) is 14.6 Å². The van der Waals surface area contributed by atoms with Crippen molar-refractivity contribution in [3.63, 3.8) is 0 Å². The third-order valence-corrected chi connectivity index (χ3v) is 7.09. The van der Waals surface area contributed by atoms with Crippen molar-refractivity contribution >= 4 is 23.2 Å². The Bertz CT molecular complexity index is 1460. The first-order valence-electron chi connectivity index (χ1n) is 11.9. The van der Waals surface area contributed by atoms with Crippen molar-refractivity contribution in [2.45, 2.75) is 46.5 Å². The Morgan fingerprint density at radius 1 is 0.946 bits per heavy atom. The molecule has 10 heteroatoms. The Kier molecular flexibility index (Phi) is 7.49. The second-order valence-electron chi connectivity index (χ2n) is 9.40. The molecule has 4 aromatic rings. The second-order valence-corrected chi connectivity index (χ2v) is 10.5. The lowest BCUT2D eigenvalue weighted by Crippen LogP contribution is -2.20. The molecule has 3 heterocycles. The average Bonchev–Trinajstić information content (AvgIpc) is 3.48. The van der Waals surface area contributed by atoms with Crippen molar-refractivity contribution in [1.29, 1.82) is 0 Å². The van der Waals surface area contributed by atoms with E-state index in [1.807, 2.05) is 20.8 Å². The van der Waals surface area contributed by atoms with E-state index in [2.05, 4.69) is 10.2 Å². The Balaban J connectivity index is 2.03. The Morgan fingerprint density at radius 3 is 2.19 bits per heavy atom. The van der Waals surface area contributed by atoms with Crippen LogP contribution in [0.2, 0.25) is 0 Å². The molecule has 0 saturated heterocycles. The summed E-state index contributed by atoms with van der Waals surface area (Å²) in [5.74, 6) is -0.882. The topological polar surface area (TPSA) is 138 Å². The molecular weight excluding hydrogens is 493 g/mol. The van der Waals surface area contributed by atoms with E-state index in [4.69, 9.17) is 20.9 Å². The molecule has 0 aliphatic rings. The fourth-order valence-electron chi connectivity index (χ4n) is 4.31. The molecular formula is C27H28FN5O3S. The number of pyridine rings is 1. The van der Waals surface area contributed by atoms with Crippen LogP contribution in [0.4, 0.5) is 4.39 Å². The summed E-state index contributed by atoms with van der Waals surface area (Å²) in [4.78, 5) is 30.7. The SMILES string of the molecule is Cc1nnc(-c2c(CC(C)c3ccc(F)cc3)nc(CC(C)C)c(C(N)=O)c2-c2ccc(C(N)=O)s2)o1. The van der Waals surface area contributed by atoms with Crippen LogP contribution in [-0.2, 0) is 12.8 Å². The molecule has 3 aromatic heterocycles. The third kappa shape index (κ3) is 5.59. The summed E-state index contributed by atoms with van der Waals surface area (Å²) in [5, 5.41) is 8.23. The van der Waals surface area contributed by atoms with Crippen molar-refractivity contribution in [2.75, 3.05) is 0 Å². The maximum absolute atomic E-state index is 13.5. The van der Waals surface area contributed by atoms with E-state index in [-0.39, 0.29) is 29.1 Å². The van der Waals surface area contributed by atoms with Crippen molar-refractivity contribution in [3.8, 4) is 21.9 Å². The van der Waals surface area contributed by atoms with Gasteiger partial charge in [-0.1, -0.05) is 32.9 Å². The highest BCUT2D eigenvalue weighted by molar-refractivity contribution is 7.17. The van der Waals surface area contributed by atoms with E-state index in [0.717, 1.165) is 16.9 Å². The molecule has 0 fully saturated rings. The Morgan fingerprint density at radius 2 is 1.65 bits per heavy atom. The van der Waals surface area contributed by atoms with Crippen LogP contribution >= 0.6 is 11.3 Å². The van der Waals surface area contributed by atoms with Gasteiger partial charge in [-0.2, -0.15) is 0 Å². The molecule has 0 bridgehead atoms. The number of carbonyl (C=O) groups excluding carboxylic acids is 2. The minimum Gasteiger partial charge on any atom is -0.421 e. The number of hydrogen-bond donors (Lipinski definition) is 2. The van der Waals surface area contributed by atoms with Crippen LogP contribution in [0, 0.1) is 18.7 Å². The fraction of sp³-hybridized carbons (Fsp3) is 0.296. The summed E-state index contributed by atoms with van der Waals surface area (Å²) in [6, 6.07) is 9.66. The molecule has 1 aromatic carbocycles. The van der Waals surface area contributed by atoms with E-state index in [9.17, 15) is 14.0 Å².